The molecule has 0 aromatic carbocycles. The molecule has 2 heterocycles. The average Bonchev–Trinajstić information content (AvgIpc) is 2.46. The number of anilines is 1. The lowest BCUT2D eigenvalue weighted by molar-refractivity contribution is 0.377. The van der Waals surface area contributed by atoms with Crippen LogP contribution in [-0.4, -0.2) is 60.2 Å². The normalized spacial score (nSPS) is 16.2. The standard InChI is InChI=1S/C11H17FN6.HI/c12-2-5-14-10(13)17-6-8-18(9-7-17)11-15-3-1-4-16-11;/h1,3-4H,2,5-9H2,(H2,13,14);1H. The number of nitrogens with two attached hydrogens (primary N) is 1. The molecule has 0 aliphatic carbocycles. The SMILES string of the molecule is I.NC(=NCCF)N1CCN(c2ncccn2)CC1. The summed E-state index contributed by atoms with van der Waals surface area (Å²) < 4.78 is 12.0. The van der Waals surface area contributed by atoms with Crippen LogP contribution in [0.4, 0.5) is 10.3 Å². The third-order valence-electron chi connectivity index (χ3n) is 2.80. The van der Waals surface area contributed by atoms with Crippen molar-refractivity contribution in [1.82, 2.24) is 14.9 Å². The maximum atomic E-state index is 12.0. The maximum Gasteiger partial charge on any atom is 0.225 e. The van der Waals surface area contributed by atoms with Crippen molar-refractivity contribution < 1.29 is 4.39 Å². The van der Waals surface area contributed by atoms with Gasteiger partial charge in [0.15, 0.2) is 5.96 Å². The highest BCUT2D eigenvalue weighted by Gasteiger charge is 2.19. The van der Waals surface area contributed by atoms with E-state index in [-0.39, 0.29) is 30.5 Å². The summed E-state index contributed by atoms with van der Waals surface area (Å²) in [6.07, 6.45) is 3.46. The second-order valence-corrected chi connectivity index (χ2v) is 3.95. The van der Waals surface area contributed by atoms with Crippen LogP contribution in [0.15, 0.2) is 23.5 Å². The van der Waals surface area contributed by atoms with Crippen molar-refractivity contribution in [3.05, 3.63) is 18.5 Å². The number of rotatable bonds is 3. The Morgan fingerprint density at radius 1 is 1.26 bits per heavy atom. The van der Waals surface area contributed by atoms with E-state index in [4.69, 9.17) is 5.73 Å². The molecule has 1 aliphatic heterocycles. The molecule has 1 aliphatic rings. The molecule has 0 spiro atoms. The van der Waals surface area contributed by atoms with Crippen molar-refractivity contribution >= 4 is 35.9 Å². The van der Waals surface area contributed by atoms with Gasteiger partial charge in [-0.15, -0.1) is 24.0 Å². The van der Waals surface area contributed by atoms with E-state index >= 15 is 0 Å². The summed E-state index contributed by atoms with van der Waals surface area (Å²) >= 11 is 0. The molecular formula is C11H18FIN6. The first kappa shape index (κ1) is 15.9. The Morgan fingerprint density at radius 2 is 1.89 bits per heavy atom. The van der Waals surface area contributed by atoms with Crippen molar-refractivity contribution in [2.75, 3.05) is 44.3 Å². The van der Waals surface area contributed by atoms with Crippen molar-refractivity contribution in [1.29, 1.82) is 0 Å². The summed E-state index contributed by atoms with van der Waals surface area (Å²) in [5.74, 6) is 1.15. The zero-order valence-corrected chi connectivity index (χ0v) is 12.9. The lowest BCUT2D eigenvalue weighted by Gasteiger charge is -2.35. The highest BCUT2D eigenvalue weighted by molar-refractivity contribution is 14.0. The van der Waals surface area contributed by atoms with E-state index in [9.17, 15) is 4.39 Å². The Morgan fingerprint density at radius 3 is 2.47 bits per heavy atom. The smallest absolute Gasteiger partial charge is 0.225 e. The second kappa shape index (κ2) is 8.08. The quantitative estimate of drug-likeness (QED) is 0.470. The van der Waals surface area contributed by atoms with Gasteiger partial charge in [-0.25, -0.2) is 14.4 Å². The van der Waals surface area contributed by atoms with E-state index in [1.165, 1.54) is 0 Å². The van der Waals surface area contributed by atoms with Crippen LogP contribution in [0.5, 0.6) is 0 Å². The summed E-state index contributed by atoms with van der Waals surface area (Å²) in [6.45, 7) is 2.73. The topological polar surface area (TPSA) is 70.6 Å². The van der Waals surface area contributed by atoms with Gasteiger partial charge < -0.3 is 15.5 Å². The highest BCUT2D eigenvalue weighted by Crippen LogP contribution is 2.09. The molecule has 0 bridgehead atoms. The van der Waals surface area contributed by atoms with E-state index in [2.05, 4.69) is 19.9 Å². The van der Waals surface area contributed by atoms with Gasteiger partial charge in [0.2, 0.25) is 5.95 Å². The number of halogens is 2. The van der Waals surface area contributed by atoms with Gasteiger partial charge in [0.25, 0.3) is 0 Å². The predicted molar refractivity (Wildman–Crippen MR) is 83.7 cm³/mol. The van der Waals surface area contributed by atoms with E-state index in [1.807, 2.05) is 4.90 Å². The lowest BCUT2D eigenvalue weighted by Crippen LogP contribution is -2.51. The Hall–Kier alpha value is -1.19. The lowest BCUT2D eigenvalue weighted by atomic mass is 10.3. The summed E-state index contributed by atoms with van der Waals surface area (Å²) in [5, 5.41) is 0. The summed E-state index contributed by atoms with van der Waals surface area (Å²) in [4.78, 5) is 16.4. The van der Waals surface area contributed by atoms with Crippen molar-refractivity contribution in [3.63, 3.8) is 0 Å². The van der Waals surface area contributed by atoms with Crippen LogP contribution in [0.1, 0.15) is 0 Å². The average molecular weight is 380 g/mol. The molecule has 2 rings (SSSR count). The fraction of sp³-hybridized carbons (Fsp3) is 0.545. The fourth-order valence-corrected chi connectivity index (χ4v) is 1.85. The Balaban J connectivity index is 0.00000180. The van der Waals surface area contributed by atoms with Crippen molar-refractivity contribution in [3.8, 4) is 0 Å². The number of aromatic nitrogens is 2. The van der Waals surface area contributed by atoms with E-state index < -0.39 is 6.67 Å². The molecule has 19 heavy (non-hydrogen) atoms. The number of nitrogens with zero attached hydrogens (tertiary/aromatic N) is 5. The summed E-state index contributed by atoms with van der Waals surface area (Å²) in [5.41, 5.74) is 5.78. The van der Waals surface area contributed by atoms with Crippen LogP contribution in [0.3, 0.4) is 0 Å². The molecule has 1 saturated heterocycles. The Bertz CT molecular complexity index is 393. The molecule has 8 heteroatoms. The van der Waals surface area contributed by atoms with Crippen LogP contribution in [0, 0.1) is 0 Å². The third-order valence-corrected chi connectivity index (χ3v) is 2.80. The Kier molecular flexibility index (Phi) is 6.74. The first-order chi connectivity index (χ1) is 8.81. The highest BCUT2D eigenvalue weighted by atomic mass is 127. The molecule has 0 radical (unpaired) electrons. The maximum absolute atomic E-state index is 12.0. The molecule has 106 valence electrons. The molecule has 6 nitrogen and oxygen atoms in total. The number of piperazine rings is 1. The van der Waals surface area contributed by atoms with Crippen LogP contribution < -0.4 is 10.6 Å². The molecule has 1 fully saturated rings. The minimum atomic E-state index is -0.474. The number of aliphatic imine (C=N–C) groups is 1. The molecule has 2 N–H and O–H groups in total. The van der Waals surface area contributed by atoms with Gasteiger partial charge in [-0.1, -0.05) is 0 Å². The van der Waals surface area contributed by atoms with Gasteiger partial charge >= 0.3 is 0 Å². The number of hydrogen-bond donors (Lipinski definition) is 1. The van der Waals surface area contributed by atoms with Crippen LogP contribution in [0.25, 0.3) is 0 Å². The van der Waals surface area contributed by atoms with Crippen molar-refractivity contribution in [2.24, 2.45) is 10.7 Å². The zero-order valence-electron chi connectivity index (χ0n) is 10.6. The van der Waals surface area contributed by atoms with Gasteiger partial charge in [-0.3, -0.25) is 4.99 Å². The molecule has 1 aromatic rings. The molecule has 0 unspecified atom stereocenters. The molecule has 0 saturated carbocycles. The second-order valence-electron chi connectivity index (χ2n) is 3.95. The Labute approximate surface area is 128 Å². The van der Waals surface area contributed by atoms with E-state index in [0.29, 0.717) is 5.96 Å². The van der Waals surface area contributed by atoms with Crippen LogP contribution >= 0.6 is 24.0 Å². The van der Waals surface area contributed by atoms with Gasteiger partial charge in [-0.2, -0.15) is 0 Å². The largest absolute Gasteiger partial charge is 0.370 e. The molecule has 0 amide bonds. The summed E-state index contributed by atoms with van der Waals surface area (Å²) in [6, 6.07) is 1.79. The third kappa shape index (κ3) is 4.44. The number of alkyl halides is 1. The molecular weight excluding hydrogens is 362 g/mol. The fourth-order valence-electron chi connectivity index (χ4n) is 1.85. The predicted octanol–water partition coefficient (Wildman–Crippen LogP) is 0.501. The van der Waals surface area contributed by atoms with Gasteiger partial charge in [0.05, 0.1) is 6.54 Å². The van der Waals surface area contributed by atoms with Gasteiger partial charge in [0, 0.05) is 38.6 Å². The molecule has 1 aromatic heterocycles. The minimum Gasteiger partial charge on any atom is -0.370 e. The zero-order chi connectivity index (χ0) is 12.8. The van der Waals surface area contributed by atoms with Crippen LogP contribution in [-0.2, 0) is 0 Å². The first-order valence-electron chi connectivity index (χ1n) is 5.94. The van der Waals surface area contributed by atoms with E-state index in [1.54, 1.807) is 18.5 Å². The van der Waals surface area contributed by atoms with Gasteiger partial charge in [0.1, 0.15) is 6.67 Å². The minimum absolute atomic E-state index is 0. The van der Waals surface area contributed by atoms with Crippen molar-refractivity contribution in [2.45, 2.75) is 0 Å². The van der Waals surface area contributed by atoms with E-state index in [0.717, 1.165) is 32.1 Å². The molecule has 0 atom stereocenters. The monoisotopic (exact) mass is 380 g/mol. The van der Waals surface area contributed by atoms with Gasteiger partial charge in [-0.05, 0) is 6.07 Å². The number of hydrogen-bond acceptors (Lipinski definition) is 4. The van der Waals surface area contributed by atoms with Crippen LogP contribution in [0.2, 0.25) is 0 Å². The first-order valence-corrected chi connectivity index (χ1v) is 5.94. The summed E-state index contributed by atoms with van der Waals surface area (Å²) in [7, 11) is 0. The number of guanidine groups is 1.